The molecular weight excluding hydrogens is 505 g/mol. The number of carboxylic acids is 1. The number of carbonyl (C=O) groups is 2. The van der Waals surface area contributed by atoms with E-state index in [-0.39, 0.29) is 12.1 Å². The molecule has 2 aliphatic rings. The SMILES string of the molecule is CCNC(=O)Nc1ccc(-c2nc(N3CCOC[C@@H]3C)nc3c2CN(C(C)C)C3)cc1.O=C(O)C(F)(F)F. The van der Waals surface area contributed by atoms with Gasteiger partial charge in [0.05, 0.1) is 30.6 Å². The minimum atomic E-state index is -5.08. The van der Waals surface area contributed by atoms with E-state index in [0.717, 1.165) is 48.2 Å². The van der Waals surface area contributed by atoms with Gasteiger partial charge in [0.1, 0.15) is 0 Å². The second-order valence-corrected chi connectivity index (χ2v) is 9.28. The Balaban J connectivity index is 0.000000505. The second kappa shape index (κ2) is 12.4. The molecule has 1 aromatic heterocycles. The Bertz CT molecular complexity index is 1130. The average Bonchev–Trinajstić information content (AvgIpc) is 3.29. The Morgan fingerprint density at radius 2 is 1.84 bits per heavy atom. The molecule has 0 spiro atoms. The first kappa shape index (κ1) is 29.1. The van der Waals surface area contributed by atoms with Gasteiger partial charge >= 0.3 is 18.2 Å². The predicted molar refractivity (Wildman–Crippen MR) is 136 cm³/mol. The maximum absolute atomic E-state index is 11.8. The van der Waals surface area contributed by atoms with Crippen molar-refractivity contribution in [2.45, 2.75) is 59.0 Å². The molecule has 38 heavy (non-hydrogen) atoms. The number of aromatic nitrogens is 2. The van der Waals surface area contributed by atoms with E-state index in [4.69, 9.17) is 24.6 Å². The smallest absolute Gasteiger partial charge is 0.475 e. The van der Waals surface area contributed by atoms with Crippen molar-refractivity contribution >= 4 is 23.6 Å². The molecule has 1 saturated heterocycles. The maximum atomic E-state index is 11.8. The molecule has 0 unspecified atom stereocenters. The summed E-state index contributed by atoms with van der Waals surface area (Å²) in [4.78, 5) is 35.4. The molecule has 208 valence electrons. The molecule has 3 heterocycles. The van der Waals surface area contributed by atoms with Crippen LogP contribution in [0.3, 0.4) is 0 Å². The molecule has 0 bridgehead atoms. The van der Waals surface area contributed by atoms with Crippen molar-refractivity contribution < 1.29 is 32.6 Å². The van der Waals surface area contributed by atoms with E-state index in [0.29, 0.717) is 25.8 Å². The van der Waals surface area contributed by atoms with Crippen LogP contribution in [-0.2, 0) is 22.6 Å². The molecule has 1 fully saturated rings. The van der Waals surface area contributed by atoms with Crippen LogP contribution in [-0.4, -0.2) is 76.5 Å². The lowest BCUT2D eigenvalue weighted by molar-refractivity contribution is -0.192. The van der Waals surface area contributed by atoms with Crippen molar-refractivity contribution in [3.63, 3.8) is 0 Å². The molecule has 4 rings (SSSR count). The first-order valence-corrected chi connectivity index (χ1v) is 12.3. The number of alkyl halides is 3. The quantitative estimate of drug-likeness (QED) is 0.525. The highest BCUT2D eigenvalue weighted by molar-refractivity contribution is 5.89. The number of hydrogen-bond acceptors (Lipinski definition) is 7. The number of benzene rings is 1. The van der Waals surface area contributed by atoms with Crippen LogP contribution in [0, 0.1) is 0 Å². The highest BCUT2D eigenvalue weighted by Crippen LogP contribution is 2.34. The fraction of sp³-hybridized carbons (Fsp3) is 0.520. The van der Waals surface area contributed by atoms with Crippen LogP contribution < -0.4 is 15.5 Å². The van der Waals surface area contributed by atoms with E-state index in [9.17, 15) is 18.0 Å². The van der Waals surface area contributed by atoms with Gasteiger partial charge in [0.15, 0.2) is 0 Å². The van der Waals surface area contributed by atoms with Crippen LogP contribution in [0.1, 0.15) is 39.0 Å². The molecule has 10 nitrogen and oxygen atoms in total. The van der Waals surface area contributed by atoms with Gasteiger partial charge in [0.25, 0.3) is 0 Å². The molecule has 13 heteroatoms. The van der Waals surface area contributed by atoms with Crippen LogP contribution in [0.15, 0.2) is 24.3 Å². The summed E-state index contributed by atoms with van der Waals surface area (Å²) in [6.45, 7) is 12.9. The molecule has 2 amide bonds. The first-order chi connectivity index (χ1) is 17.9. The number of amides is 2. The summed E-state index contributed by atoms with van der Waals surface area (Å²) >= 11 is 0. The number of urea groups is 1. The van der Waals surface area contributed by atoms with E-state index in [1.54, 1.807) is 0 Å². The summed E-state index contributed by atoms with van der Waals surface area (Å²) in [5.74, 6) is -1.98. The molecule has 2 aliphatic heterocycles. The molecule has 0 saturated carbocycles. The zero-order valence-electron chi connectivity index (χ0n) is 21.8. The Morgan fingerprint density at radius 1 is 1.18 bits per heavy atom. The zero-order chi connectivity index (χ0) is 28.0. The number of ether oxygens (including phenoxy) is 1. The topological polar surface area (TPSA) is 120 Å². The van der Waals surface area contributed by atoms with Crippen LogP contribution in [0.4, 0.5) is 29.6 Å². The zero-order valence-corrected chi connectivity index (χ0v) is 21.8. The van der Waals surface area contributed by atoms with Crippen LogP contribution in [0.5, 0.6) is 0 Å². The number of anilines is 2. The van der Waals surface area contributed by atoms with Crippen LogP contribution in [0.2, 0.25) is 0 Å². The number of carboxylic acid groups (broad SMARTS) is 1. The number of morpholine rings is 1. The molecule has 0 aliphatic carbocycles. The van der Waals surface area contributed by atoms with E-state index in [1.807, 2.05) is 31.2 Å². The predicted octanol–water partition coefficient (Wildman–Crippen LogP) is 3.87. The van der Waals surface area contributed by atoms with Gasteiger partial charge in [-0.25, -0.2) is 19.6 Å². The van der Waals surface area contributed by atoms with Crippen molar-refractivity contribution in [3.8, 4) is 11.3 Å². The number of hydrogen-bond donors (Lipinski definition) is 3. The highest BCUT2D eigenvalue weighted by atomic mass is 19.4. The van der Waals surface area contributed by atoms with Crippen molar-refractivity contribution in [2.75, 3.05) is 36.5 Å². The third-order valence-electron chi connectivity index (χ3n) is 6.15. The van der Waals surface area contributed by atoms with Crippen molar-refractivity contribution in [1.82, 2.24) is 20.2 Å². The Morgan fingerprint density at radius 3 is 2.39 bits per heavy atom. The average molecular weight is 539 g/mol. The number of halogens is 3. The van der Waals surface area contributed by atoms with Gasteiger partial charge in [0.2, 0.25) is 5.95 Å². The maximum Gasteiger partial charge on any atom is 0.490 e. The van der Waals surface area contributed by atoms with E-state index < -0.39 is 12.1 Å². The summed E-state index contributed by atoms with van der Waals surface area (Å²) in [5.41, 5.74) is 5.07. The summed E-state index contributed by atoms with van der Waals surface area (Å²) in [5, 5.41) is 12.7. The lowest BCUT2D eigenvalue weighted by Crippen LogP contribution is -2.44. The van der Waals surface area contributed by atoms with E-state index >= 15 is 0 Å². The van der Waals surface area contributed by atoms with Gasteiger partial charge in [-0.1, -0.05) is 12.1 Å². The fourth-order valence-electron chi connectivity index (χ4n) is 4.07. The second-order valence-electron chi connectivity index (χ2n) is 9.28. The van der Waals surface area contributed by atoms with E-state index in [1.165, 1.54) is 5.56 Å². The summed E-state index contributed by atoms with van der Waals surface area (Å²) < 4.78 is 37.3. The van der Waals surface area contributed by atoms with Crippen molar-refractivity contribution in [1.29, 1.82) is 0 Å². The lowest BCUT2D eigenvalue weighted by Gasteiger charge is -2.33. The molecule has 1 atom stereocenters. The number of nitrogens with one attached hydrogen (secondary N) is 2. The van der Waals surface area contributed by atoms with Crippen LogP contribution in [0.25, 0.3) is 11.3 Å². The number of fused-ring (bicyclic) bond motifs is 1. The van der Waals surface area contributed by atoms with Gasteiger partial charge in [0, 0.05) is 49.0 Å². The first-order valence-electron chi connectivity index (χ1n) is 12.3. The number of rotatable bonds is 5. The van der Waals surface area contributed by atoms with Gasteiger partial charge in [-0.2, -0.15) is 13.2 Å². The fourth-order valence-corrected chi connectivity index (χ4v) is 4.07. The minimum Gasteiger partial charge on any atom is -0.475 e. The normalized spacial score (nSPS) is 17.5. The molecule has 2 aromatic rings. The van der Waals surface area contributed by atoms with Gasteiger partial charge in [-0.15, -0.1) is 0 Å². The number of carbonyl (C=O) groups excluding carboxylic acids is 1. The Kier molecular flexibility index (Phi) is 9.50. The Labute approximate surface area is 219 Å². The number of aliphatic carboxylic acids is 1. The van der Waals surface area contributed by atoms with E-state index in [2.05, 4.69) is 41.2 Å². The molecule has 3 N–H and O–H groups in total. The highest BCUT2D eigenvalue weighted by Gasteiger charge is 2.38. The van der Waals surface area contributed by atoms with Crippen molar-refractivity contribution in [2.24, 2.45) is 0 Å². The standard InChI is InChI=1S/C23H32N6O2.C2HF3O2/c1-5-24-23(30)25-18-8-6-17(7-9-18)21-19-12-28(15(2)3)13-20(19)26-22(27-21)29-10-11-31-14-16(29)4;3-2(4,5)1(6)7/h6-9,15-16H,5,10-14H2,1-4H3,(H2,24,25,30);(H,6,7)/t16-;/m0./s1. The van der Waals surface area contributed by atoms with Crippen molar-refractivity contribution in [3.05, 3.63) is 35.5 Å². The monoisotopic (exact) mass is 538 g/mol. The van der Waals surface area contributed by atoms with Gasteiger partial charge in [-0.05, 0) is 39.8 Å². The third kappa shape index (κ3) is 7.32. The largest absolute Gasteiger partial charge is 0.490 e. The van der Waals surface area contributed by atoms with Gasteiger partial charge < -0.3 is 25.4 Å². The molecule has 0 radical (unpaired) electrons. The summed E-state index contributed by atoms with van der Waals surface area (Å²) in [6, 6.07) is 8.37. The van der Waals surface area contributed by atoms with Gasteiger partial charge in [-0.3, -0.25) is 4.90 Å². The van der Waals surface area contributed by atoms with Crippen LogP contribution >= 0.6 is 0 Å². The molecular formula is C25H33F3N6O4. The summed E-state index contributed by atoms with van der Waals surface area (Å²) in [7, 11) is 0. The molecule has 1 aromatic carbocycles. The summed E-state index contributed by atoms with van der Waals surface area (Å²) in [6.07, 6.45) is -5.08. The minimum absolute atomic E-state index is 0.200. The number of nitrogens with zero attached hydrogens (tertiary/aromatic N) is 4. The Hall–Kier alpha value is -3.45. The third-order valence-corrected chi connectivity index (χ3v) is 6.15. The lowest BCUT2D eigenvalue weighted by atomic mass is 10.1.